The summed E-state index contributed by atoms with van der Waals surface area (Å²) in [6, 6.07) is 27.2. The predicted octanol–water partition coefficient (Wildman–Crippen LogP) is 7.08. The Morgan fingerprint density at radius 2 is 1.53 bits per heavy atom. The van der Waals surface area contributed by atoms with Crippen molar-refractivity contribution in [1.29, 1.82) is 0 Å². The normalized spacial score (nSPS) is 10.8. The molecule has 0 aliphatic rings. The Labute approximate surface area is 213 Å². The summed E-state index contributed by atoms with van der Waals surface area (Å²) in [6.07, 6.45) is 5.05. The molecule has 0 aliphatic carbocycles. The average Bonchev–Trinajstić information content (AvgIpc) is 3.27. The van der Waals surface area contributed by atoms with Gasteiger partial charge in [-0.3, -0.25) is 4.79 Å². The summed E-state index contributed by atoms with van der Waals surface area (Å²) in [5.74, 6) is 1.72. The number of nitrogens with zero attached hydrogens (tertiary/aromatic N) is 2. The van der Waals surface area contributed by atoms with Crippen LogP contribution in [0.15, 0.2) is 85.1 Å². The first-order valence-corrected chi connectivity index (χ1v) is 12.7. The molecule has 0 radical (unpaired) electrons. The highest BCUT2D eigenvalue weighted by atomic mass is 16.5. The Hall–Kier alpha value is -3.86. The molecule has 3 aromatic carbocycles. The Morgan fingerprint density at radius 3 is 2.31 bits per heavy atom. The highest BCUT2D eigenvalue weighted by molar-refractivity contribution is 5.69. The third kappa shape index (κ3) is 6.63. The number of carbonyl (C=O) groups excluding carboxylic acids is 1. The van der Waals surface area contributed by atoms with Crippen molar-refractivity contribution in [3.63, 3.8) is 0 Å². The summed E-state index contributed by atoms with van der Waals surface area (Å²) >= 11 is 0. The number of rotatable bonds is 12. The van der Waals surface area contributed by atoms with Gasteiger partial charge in [0.1, 0.15) is 11.6 Å². The minimum absolute atomic E-state index is 0.120. The van der Waals surface area contributed by atoms with Crippen molar-refractivity contribution in [1.82, 2.24) is 9.55 Å². The first-order valence-electron chi connectivity index (χ1n) is 12.7. The van der Waals surface area contributed by atoms with Gasteiger partial charge in [0.25, 0.3) is 0 Å². The van der Waals surface area contributed by atoms with Gasteiger partial charge in [0.2, 0.25) is 0 Å². The molecular weight excluding hydrogens is 448 g/mol. The molecule has 1 aromatic heterocycles. The standard InChI is InChI=1S/C31H34N2O3/c1-3-35-30(34)16-8-5-11-21-36-29-15-10-9-14-28(29)23-33-24(2)22-32-31(33)27-19-17-26(18-20-27)25-12-6-4-7-13-25/h4,6-7,9-10,12-15,17-20,22H,3,5,8,11,16,21,23H2,1-2H3. The zero-order chi connectivity index (χ0) is 25.2. The van der Waals surface area contributed by atoms with Crippen LogP contribution in [0.1, 0.15) is 43.9 Å². The molecule has 0 unspecified atom stereocenters. The van der Waals surface area contributed by atoms with Crippen LogP contribution in [0.25, 0.3) is 22.5 Å². The Balaban J connectivity index is 1.40. The second kappa shape index (κ2) is 12.7. The van der Waals surface area contributed by atoms with Crippen molar-refractivity contribution in [3.05, 3.63) is 96.3 Å². The number of hydrogen-bond acceptors (Lipinski definition) is 4. The van der Waals surface area contributed by atoms with Crippen LogP contribution in [0.3, 0.4) is 0 Å². The Kier molecular flexibility index (Phi) is 8.92. The second-order valence-corrected chi connectivity index (χ2v) is 8.82. The number of para-hydroxylation sites is 1. The molecule has 0 bridgehead atoms. The van der Waals surface area contributed by atoms with Crippen LogP contribution in [-0.2, 0) is 16.1 Å². The van der Waals surface area contributed by atoms with Crippen molar-refractivity contribution < 1.29 is 14.3 Å². The number of ether oxygens (including phenoxy) is 2. The summed E-state index contributed by atoms with van der Waals surface area (Å²) in [5.41, 5.74) is 5.70. The fourth-order valence-corrected chi connectivity index (χ4v) is 4.24. The molecule has 0 atom stereocenters. The molecule has 0 saturated heterocycles. The van der Waals surface area contributed by atoms with E-state index < -0.39 is 0 Å². The van der Waals surface area contributed by atoms with E-state index in [-0.39, 0.29) is 5.97 Å². The van der Waals surface area contributed by atoms with Gasteiger partial charge in [-0.1, -0.05) is 72.8 Å². The maximum absolute atomic E-state index is 11.5. The van der Waals surface area contributed by atoms with Crippen LogP contribution < -0.4 is 4.74 Å². The van der Waals surface area contributed by atoms with Gasteiger partial charge in [-0.2, -0.15) is 0 Å². The van der Waals surface area contributed by atoms with Crippen molar-refractivity contribution >= 4 is 5.97 Å². The van der Waals surface area contributed by atoms with E-state index in [1.807, 2.05) is 37.4 Å². The van der Waals surface area contributed by atoms with Gasteiger partial charge in [0, 0.05) is 29.4 Å². The summed E-state index contributed by atoms with van der Waals surface area (Å²) < 4.78 is 13.4. The third-order valence-electron chi connectivity index (χ3n) is 6.19. The Bertz CT molecular complexity index is 1250. The molecule has 4 rings (SSSR count). The first kappa shape index (κ1) is 25.2. The number of aryl methyl sites for hydroxylation is 1. The first-order chi connectivity index (χ1) is 17.7. The number of benzene rings is 3. The summed E-state index contributed by atoms with van der Waals surface area (Å²) in [7, 11) is 0. The highest BCUT2D eigenvalue weighted by Gasteiger charge is 2.13. The van der Waals surface area contributed by atoms with Gasteiger partial charge >= 0.3 is 5.97 Å². The third-order valence-corrected chi connectivity index (χ3v) is 6.19. The van der Waals surface area contributed by atoms with Crippen LogP contribution in [0.5, 0.6) is 5.75 Å². The lowest BCUT2D eigenvalue weighted by molar-refractivity contribution is -0.143. The van der Waals surface area contributed by atoms with Crippen molar-refractivity contribution in [3.8, 4) is 28.3 Å². The molecule has 0 aliphatic heterocycles. The molecule has 36 heavy (non-hydrogen) atoms. The monoisotopic (exact) mass is 482 g/mol. The summed E-state index contributed by atoms with van der Waals surface area (Å²) in [6.45, 7) is 5.66. The molecule has 0 fully saturated rings. The van der Waals surface area contributed by atoms with E-state index in [0.29, 0.717) is 26.2 Å². The molecule has 5 nitrogen and oxygen atoms in total. The molecule has 0 amide bonds. The van der Waals surface area contributed by atoms with Crippen LogP contribution in [0.4, 0.5) is 0 Å². The highest BCUT2D eigenvalue weighted by Crippen LogP contribution is 2.27. The van der Waals surface area contributed by atoms with Crippen LogP contribution in [0, 0.1) is 6.92 Å². The second-order valence-electron chi connectivity index (χ2n) is 8.82. The average molecular weight is 483 g/mol. The van der Waals surface area contributed by atoms with Crippen LogP contribution in [-0.4, -0.2) is 28.7 Å². The zero-order valence-electron chi connectivity index (χ0n) is 21.2. The molecule has 0 saturated carbocycles. The summed E-state index contributed by atoms with van der Waals surface area (Å²) in [4.78, 5) is 16.2. The van der Waals surface area contributed by atoms with E-state index in [1.165, 1.54) is 11.1 Å². The molecular formula is C31H34N2O3. The van der Waals surface area contributed by atoms with E-state index in [4.69, 9.17) is 14.5 Å². The lowest BCUT2D eigenvalue weighted by Gasteiger charge is -2.15. The fourth-order valence-electron chi connectivity index (χ4n) is 4.24. The maximum atomic E-state index is 11.5. The fraction of sp³-hybridized carbons (Fsp3) is 0.290. The lowest BCUT2D eigenvalue weighted by Crippen LogP contribution is -2.07. The lowest BCUT2D eigenvalue weighted by atomic mass is 10.0. The smallest absolute Gasteiger partial charge is 0.305 e. The van der Waals surface area contributed by atoms with Gasteiger partial charge in [0.15, 0.2) is 0 Å². The number of imidazole rings is 1. The SMILES string of the molecule is CCOC(=O)CCCCCOc1ccccc1Cn1c(C)cnc1-c1ccc(-c2ccccc2)cc1. The number of aromatic nitrogens is 2. The van der Waals surface area contributed by atoms with Crippen LogP contribution >= 0.6 is 0 Å². The molecule has 1 heterocycles. The summed E-state index contributed by atoms with van der Waals surface area (Å²) in [5, 5.41) is 0. The quantitative estimate of drug-likeness (QED) is 0.160. The van der Waals surface area contributed by atoms with Gasteiger partial charge in [-0.05, 0) is 50.3 Å². The molecule has 5 heteroatoms. The minimum Gasteiger partial charge on any atom is -0.493 e. The van der Waals surface area contributed by atoms with Gasteiger partial charge < -0.3 is 14.0 Å². The van der Waals surface area contributed by atoms with E-state index in [2.05, 4.69) is 66.1 Å². The number of esters is 1. The van der Waals surface area contributed by atoms with Crippen molar-refractivity contribution in [2.45, 2.75) is 46.1 Å². The molecule has 186 valence electrons. The molecule has 0 spiro atoms. The molecule has 0 N–H and O–H groups in total. The maximum Gasteiger partial charge on any atom is 0.305 e. The topological polar surface area (TPSA) is 53.4 Å². The predicted molar refractivity (Wildman–Crippen MR) is 144 cm³/mol. The van der Waals surface area contributed by atoms with Crippen molar-refractivity contribution in [2.24, 2.45) is 0 Å². The van der Waals surface area contributed by atoms with Crippen molar-refractivity contribution in [2.75, 3.05) is 13.2 Å². The Morgan fingerprint density at radius 1 is 0.833 bits per heavy atom. The minimum atomic E-state index is -0.120. The number of carbonyl (C=O) groups is 1. The zero-order valence-corrected chi connectivity index (χ0v) is 21.2. The van der Waals surface area contributed by atoms with E-state index in [9.17, 15) is 4.79 Å². The van der Waals surface area contributed by atoms with E-state index >= 15 is 0 Å². The van der Waals surface area contributed by atoms with Crippen LogP contribution in [0.2, 0.25) is 0 Å². The molecule has 4 aromatic rings. The van der Waals surface area contributed by atoms with Gasteiger partial charge in [0.05, 0.1) is 19.8 Å². The number of unbranched alkanes of at least 4 members (excludes halogenated alkanes) is 2. The van der Waals surface area contributed by atoms with Gasteiger partial charge in [-0.15, -0.1) is 0 Å². The van der Waals surface area contributed by atoms with E-state index in [0.717, 1.165) is 47.7 Å². The largest absolute Gasteiger partial charge is 0.493 e. The van der Waals surface area contributed by atoms with Gasteiger partial charge in [-0.25, -0.2) is 4.98 Å². The number of hydrogen-bond donors (Lipinski definition) is 0. The van der Waals surface area contributed by atoms with E-state index in [1.54, 1.807) is 0 Å².